The molecule has 1 aromatic carbocycles. The minimum absolute atomic E-state index is 0.119. The minimum Gasteiger partial charge on any atom is -0.460 e. The van der Waals surface area contributed by atoms with Gasteiger partial charge in [-0.1, -0.05) is 36.4 Å². The van der Waals surface area contributed by atoms with E-state index < -0.39 is 5.60 Å². The normalized spacial score (nSPS) is 12.3. The number of benzene rings is 1. The van der Waals surface area contributed by atoms with Gasteiger partial charge in [0.1, 0.15) is 5.60 Å². The SMILES string of the molecule is CC(C)(C)OC(=O)CCCCC(=CCN)c1ccccc1. The lowest BCUT2D eigenvalue weighted by molar-refractivity contribution is -0.154. The van der Waals surface area contributed by atoms with Crippen molar-refractivity contribution in [2.45, 2.75) is 52.1 Å². The molecule has 0 aromatic heterocycles. The third kappa shape index (κ3) is 7.66. The van der Waals surface area contributed by atoms with Gasteiger partial charge < -0.3 is 10.5 Å². The number of rotatable bonds is 7. The van der Waals surface area contributed by atoms with Crippen LogP contribution in [0.15, 0.2) is 36.4 Å². The quantitative estimate of drug-likeness (QED) is 0.611. The summed E-state index contributed by atoms with van der Waals surface area (Å²) in [5.74, 6) is -0.119. The summed E-state index contributed by atoms with van der Waals surface area (Å²) < 4.78 is 5.30. The number of hydrogen-bond acceptors (Lipinski definition) is 3. The summed E-state index contributed by atoms with van der Waals surface area (Å²) in [6, 6.07) is 10.2. The molecule has 0 heterocycles. The molecule has 0 aliphatic rings. The topological polar surface area (TPSA) is 52.3 Å². The molecule has 0 spiro atoms. The molecule has 0 atom stereocenters. The Kier molecular flexibility index (Phi) is 7.17. The van der Waals surface area contributed by atoms with Crippen LogP contribution < -0.4 is 5.73 Å². The predicted molar refractivity (Wildman–Crippen MR) is 87.8 cm³/mol. The van der Waals surface area contributed by atoms with E-state index in [1.54, 1.807) is 0 Å². The fraction of sp³-hybridized carbons (Fsp3) is 0.500. The molecule has 0 bridgehead atoms. The lowest BCUT2D eigenvalue weighted by Gasteiger charge is -2.19. The van der Waals surface area contributed by atoms with Gasteiger partial charge in [-0.15, -0.1) is 0 Å². The Hall–Kier alpha value is -1.61. The number of carbonyl (C=O) groups excluding carboxylic acids is 1. The molecule has 3 heteroatoms. The summed E-state index contributed by atoms with van der Waals surface area (Å²) in [4.78, 5) is 11.6. The molecule has 2 N–H and O–H groups in total. The van der Waals surface area contributed by atoms with E-state index >= 15 is 0 Å². The molecule has 0 saturated heterocycles. The highest BCUT2D eigenvalue weighted by molar-refractivity contribution is 5.70. The van der Waals surface area contributed by atoms with Gasteiger partial charge in [0.15, 0.2) is 0 Å². The van der Waals surface area contributed by atoms with Crippen molar-refractivity contribution in [3.63, 3.8) is 0 Å². The van der Waals surface area contributed by atoms with Crippen LogP contribution in [0.3, 0.4) is 0 Å². The molecule has 0 radical (unpaired) electrons. The summed E-state index contributed by atoms with van der Waals surface area (Å²) in [5.41, 5.74) is 7.70. The molecular formula is C18H27NO2. The van der Waals surface area contributed by atoms with Gasteiger partial charge >= 0.3 is 5.97 Å². The highest BCUT2D eigenvalue weighted by Gasteiger charge is 2.15. The van der Waals surface area contributed by atoms with E-state index in [9.17, 15) is 4.79 Å². The van der Waals surface area contributed by atoms with Crippen molar-refractivity contribution < 1.29 is 9.53 Å². The summed E-state index contributed by atoms with van der Waals surface area (Å²) >= 11 is 0. The van der Waals surface area contributed by atoms with E-state index in [2.05, 4.69) is 18.2 Å². The number of carbonyl (C=O) groups is 1. The zero-order chi connectivity index (χ0) is 15.7. The van der Waals surface area contributed by atoms with Gasteiger partial charge in [0.05, 0.1) is 0 Å². The molecule has 0 unspecified atom stereocenters. The number of allylic oxidation sites excluding steroid dienone is 1. The molecule has 3 nitrogen and oxygen atoms in total. The molecular weight excluding hydrogens is 262 g/mol. The van der Waals surface area contributed by atoms with E-state index in [0.29, 0.717) is 13.0 Å². The van der Waals surface area contributed by atoms with Crippen molar-refractivity contribution in [2.75, 3.05) is 6.54 Å². The van der Waals surface area contributed by atoms with Crippen LogP contribution in [-0.2, 0) is 9.53 Å². The zero-order valence-electron chi connectivity index (χ0n) is 13.4. The molecule has 21 heavy (non-hydrogen) atoms. The van der Waals surface area contributed by atoms with Gasteiger partial charge in [0.25, 0.3) is 0 Å². The highest BCUT2D eigenvalue weighted by Crippen LogP contribution is 2.21. The van der Waals surface area contributed by atoms with Crippen molar-refractivity contribution in [3.8, 4) is 0 Å². The highest BCUT2D eigenvalue weighted by atomic mass is 16.6. The molecule has 1 aromatic rings. The van der Waals surface area contributed by atoms with Gasteiger partial charge in [-0.05, 0) is 51.2 Å². The standard InChI is InChI=1S/C18H27NO2/c1-18(2,3)21-17(20)12-8-7-11-16(13-14-19)15-9-5-4-6-10-15/h4-6,9-10,13H,7-8,11-12,14,19H2,1-3H3. The van der Waals surface area contributed by atoms with Crippen LogP contribution in [-0.4, -0.2) is 18.1 Å². The fourth-order valence-corrected chi connectivity index (χ4v) is 2.14. The summed E-state index contributed by atoms with van der Waals surface area (Å²) in [6.07, 6.45) is 5.26. The Bertz CT molecular complexity index is 458. The van der Waals surface area contributed by atoms with E-state index in [1.165, 1.54) is 11.1 Å². The first kappa shape index (κ1) is 17.4. The Morgan fingerprint density at radius 1 is 1.14 bits per heavy atom. The number of hydrogen-bond donors (Lipinski definition) is 1. The fourth-order valence-electron chi connectivity index (χ4n) is 2.14. The third-order valence-corrected chi connectivity index (χ3v) is 3.01. The predicted octanol–water partition coefficient (Wildman–Crippen LogP) is 3.93. The van der Waals surface area contributed by atoms with E-state index in [4.69, 9.17) is 10.5 Å². The van der Waals surface area contributed by atoms with E-state index in [0.717, 1.165) is 19.3 Å². The van der Waals surface area contributed by atoms with Crippen LogP contribution in [0.2, 0.25) is 0 Å². The maximum absolute atomic E-state index is 11.6. The Morgan fingerprint density at radius 2 is 1.76 bits per heavy atom. The molecule has 0 aliphatic carbocycles. The van der Waals surface area contributed by atoms with Gasteiger partial charge in [0, 0.05) is 13.0 Å². The summed E-state index contributed by atoms with van der Waals surface area (Å²) in [6.45, 7) is 6.21. The smallest absolute Gasteiger partial charge is 0.306 e. The first-order valence-electron chi connectivity index (χ1n) is 7.59. The Labute approximate surface area is 128 Å². The molecule has 0 fully saturated rings. The number of nitrogens with two attached hydrogens (primary N) is 1. The number of ether oxygens (including phenoxy) is 1. The maximum atomic E-state index is 11.6. The molecule has 1 rings (SSSR count). The minimum atomic E-state index is -0.397. The molecule has 0 amide bonds. The van der Waals surface area contributed by atoms with Gasteiger partial charge in [-0.25, -0.2) is 0 Å². The largest absolute Gasteiger partial charge is 0.460 e. The Morgan fingerprint density at radius 3 is 2.33 bits per heavy atom. The zero-order valence-corrected chi connectivity index (χ0v) is 13.4. The second kappa shape index (κ2) is 8.63. The third-order valence-electron chi connectivity index (χ3n) is 3.01. The van der Waals surface area contributed by atoms with Gasteiger partial charge in [-0.2, -0.15) is 0 Å². The monoisotopic (exact) mass is 289 g/mol. The summed E-state index contributed by atoms with van der Waals surface area (Å²) in [7, 11) is 0. The van der Waals surface area contributed by atoms with Gasteiger partial charge in [0.2, 0.25) is 0 Å². The molecule has 0 saturated carbocycles. The Balaban J connectivity index is 2.39. The molecule has 116 valence electrons. The van der Waals surface area contributed by atoms with Crippen LogP contribution >= 0.6 is 0 Å². The second-order valence-corrected chi connectivity index (χ2v) is 6.12. The molecule has 0 aliphatic heterocycles. The van der Waals surface area contributed by atoms with Crippen LogP contribution in [0.25, 0.3) is 5.57 Å². The van der Waals surface area contributed by atoms with E-state index in [-0.39, 0.29) is 5.97 Å². The lowest BCUT2D eigenvalue weighted by Crippen LogP contribution is -2.23. The summed E-state index contributed by atoms with van der Waals surface area (Å²) in [5, 5.41) is 0. The van der Waals surface area contributed by atoms with Crippen molar-refractivity contribution >= 4 is 11.5 Å². The van der Waals surface area contributed by atoms with Crippen LogP contribution in [0.4, 0.5) is 0 Å². The van der Waals surface area contributed by atoms with E-state index in [1.807, 2.05) is 39.0 Å². The van der Waals surface area contributed by atoms with Crippen molar-refractivity contribution in [1.82, 2.24) is 0 Å². The first-order valence-corrected chi connectivity index (χ1v) is 7.59. The average molecular weight is 289 g/mol. The maximum Gasteiger partial charge on any atom is 0.306 e. The number of unbranched alkanes of at least 4 members (excludes halogenated alkanes) is 1. The lowest BCUT2D eigenvalue weighted by atomic mass is 9.99. The van der Waals surface area contributed by atoms with Crippen LogP contribution in [0, 0.1) is 0 Å². The van der Waals surface area contributed by atoms with Crippen LogP contribution in [0.1, 0.15) is 52.0 Å². The van der Waals surface area contributed by atoms with Crippen molar-refractivity contribution in [2.24, 2.45) is 5.73 Å². The second-order valence-electron chi connectivity index (χ2n) is 6.12. The van der Waals surface area contributed by atoms with Gasteiger partial charge in [-0.3, -0.25) is 4.79 Å². The van der Waals surface area contributed by atoms with Crippen molar-refractivity contribution in [1.29, 1.82) is 0 Å². The first-order chi connectivity index (χ1) is 9.92. The average Bonchev–Trinajstić information content (AvgIpc) is 2.41. The number of esters is 1. The van der Waals surface area contributed by atoms with Crippen molar-refractivity contribution in [3.05, 3.63) is 42.0 Å². The van der Waals surface area contributed by atoms with Crippen LogP contribution in [0.5, 0.6) is 0 Å².